The number of thioether (sulfide) groups is 1. The molecule has 0 spiro atoms. The van der Waals surface area contributed by atoms with Crippen LogP contribution in [0.25, 0.3) is 11.1 Å². The van der Waals surface area contributed by atoms with Crippen molar-refractivity contribution in [2.24, 2.45) is 0 Å². The minimum atomic E-state index is -0.593. The molecular weight excluding hydrogens is 308 g/mol. The fraction of sp³-hybridized carbons (Fsp3) is 0.100. The van der Waals surface area contributed by atoms with Gasteiger partial charge in [0, 0.05) is 4.90 Å². The zero-order valence-corrected chi connectivity index (χ0v) is 13.8. The Labute approximate surface area is 140 Å². The Morgan fingerprint density at radius 2 is 1.23 bits per heavy atom. The maximum Gasteiger partial charge on any atom is 0.121 e. The van der Waals surface area contributed by atoms with E-state index in [2.05, 4.69) is 79.1 Å². The molecule has 0 N–H and O–H groups in total. The molecule has 0 aliphatic heterocycles. The van der Waals surface area contributed by atoms with Crippen LogP contribution < -0.4 is 0 Å². The summed E-state index contributed by atoms with van der Waals surface area (Å²) in [7, 11) is 0. The van der Waals surface area contributed by atoms with Crippen molar-refractivity contribution in [3.63, 3.8) is 0 Å². The molecule has 2 heteroatoms. The molecule has 0 amide bonds. The van der Waals surface area contributed by atoms with Crippen LogP contribution in [-0.2, 0) is 4.87 Å². The summed E-state index contributed by atoms with van der Waals surface area (Å²) in [5.74, 6) is 0. The van der Waals surface area contributed by atoms with Gasteiger partial charge in [-0.25, -0.2) is 0 Å². The molecule has 4 rings (SSSR count). The summed E-state index contributed by atoms with van der Waals surface area (Å²) in [5.41, 5.74) is 5.96. The van der Waals surface area contributed by atoms with Gasteiger partial charge in [-0.1, -0.05) is 60.7 Å². The SMILES string of the molecule is CSc1ccc(C2(Cl)c3ccccc3-c3ccccc32)cc1. The molecule has 22 heavy (non-hydrogen) atoms. The zero-order chi connectivity index (χ0) is 15.2. The number of rotatable bonds is 2. The number of halogens is 1. The van der Waals surface area contributed by atoms with Gasteiger partial charge in [0.05, 0.1) is 0 Å². The van der Waals surface area contributed by atoms with Crippen molar-refractivity contribution in [2.75, 3.05) is 6.26 Å². The number of fused-ring (bicyclic) bond motifs is 3. The number of hydrogen-bond donors (Lipinski definition) is 0. The highest BCUT2D eigenvalue weighted by Gasteiger charge is 2.42. The first-order chi connectivity index (χ1) is 10.7. The van der Waals surface area contributed by atoms with Crippen molar-refractivity contribution >= 4 is 23.4 Å². The second kappa shape index (κ2) is 5.19. The Morgan fingerprint density at radius 1 is 0.727 bits per heavy atom. The summed E-state index contributed by atoms with van der Waals surface area (Å²) in [5, 5.41) is 0. The van der Waals surface area contributed by atoms with Crippen molar-refractivity contribution in [2.45, 2.75) is 9.77 Å². The van der Waals surface area contributed by atoms with Gasteiger partial charge in [-0.3, -0.25) is 0 Å². The molecule has 0 unspecified atom stereocenters. The Morgan fingerprint density at radius 3 is 1.73 bits per heavy atom. The minimum Gasteiger partial charge on any atom is -0.130 e. The molecule has 0 radical (unpaired) electrons. The van der Waals surface area contributed by atoms with Crippen LogP contribution in [0.2, 0.25) is 0 Å². The van der Waals surface area contributed by atoms with Gasteiger partial charge in [0.15, 0.2) is 0 Å². The highest BCUT2D eigenvalue weighted by atomic mass is 35.5. The second-order valence-electron chi connectivity index (χ2n) is 5.48. The summed E-state index contributed by atoms with van der Waals surface area (Å²) in [6.45, 7) is 0. The van der Waals surface area contributed by atoms with E-state index >= 15 is 0 Å². The number of alkyl halides is 1. The third-order valence-electron chi connectivity index (χ3n) is 4.37. The fourth-order valence-corrected chi connectivity index (χ4v) is 4.18. The van der Waals surface area contributed by atoms with Crippen LogP contribution in [0.5, 0.6) is 0 Å². The van der Waals surface area contributed by atoms with Crippen LogP contribution in [0.15, 0.2) is 77.7 Å². The first kappa shape index (κ1) is 13.9. The van der Waals surface area contributed by atoms with Gasteiger partial charge in [-0.15, -0.1) is 23.4 Å². The van der Waals surface area contributed by atoms with E-state index in [0.29, 0.717) is 0 Å². The molecule has 3 aromatic rings. The van der Waals surface area contributed by atoms with E-state index in [4.69, 9.17) is 11.6 Å². The van der Waals surface area contributed by atoms with E-state index in [0.717, 1.165) is 5.56 Å². The summed E-state index contributed by atoms with van der Waals surface area (Å²) in [4.78, 5) is 0.660. The molecule has 0 atom stereocenters. The van der Waals surface area contributed by atoms with E-state index < -0.39 is 4.87 Å². The van der Waals surface area contributed by atoms with Crippen molar-refractivity contribution in [3.8, 4) is 11.1 Å². The van der Waals surface area contributed by atoms with Gasteiger partial charge in [0.25, 0.3) is 0 Å². The number of hydrogen-bond acceptors (Lipinski definition) is 1. The van der Waals surface area contributed by atoms with Crippen molar-refractivity contribution < 1.29 is 0 Å². The molecular formula is C20H15ClS. The van der Waals surface area contributed by atoms with Crippen molar-refractivity contribution in [1.29, 1.82) is 0 Å². The second-order valence-corrected chi connectivity index (χ2v) is 6.92. The van der Waals surface area contributed by atoms with E-state index in [1.54, 1.807) is 11.8 Å². The monoisotopic (exact) mass is 322 g/mol. The molecule has 0 fully saturated rings. The van der Waals surface area contributed by atoms with E-state index in [1.165, 1.54) is 27.1 Å². The normalized spacial score (nSPS) is 14.5. The van der Waals surface area contributed by atoms with Crippen LogP contribution in [0, 0.1) is 0 Å². The lowest BCUT2D eigenvalue weighted by Gasteiger charge is -2.25. The molecule has 0 heterocycles. The Hall–Kier alpha value is -1.70. The van der Waals surface area contributed by atoms with Crippen LogP contribution >= 0.6 is 23.4 Å². The first-order valence-electron chi connectivity index (χ1n) is 7.28. The Bertz CT molecular complexity index is 791. The smallest absolute Gasteiger partial charge is 0.121 e. The fourth-order valence-electron chi connectivity index (χ4n) is 3.31. The average molecular weight is 323 g/mol. The first-order valence-corrected chi connectivity index (χ1v) is 8.88. The van der Waals surface area contributed by atoms with Gasteiger partial charge in [-0.05, 0) is 46.2 Å². The van der Waals surface area contributed by atoms with Crippen LogP contribution in [0.4, 0.5) is 0 Å². The maximum atomic E-state index is 7.25. The summed E-state index contributed by atoms with van der Waals surface area (Å²) in [6.07, 6.45) is 2.09. The molecule has 0 saturated carbocycles. The average Bonchev–Trinajstić information content (AvgIpc) is 2.86. The molecule has 3 aromatic carbocycles. The predicted molar refractivity (Wildman–Crippen MR) is 95.8 cm³/mol. The van der Waals surface area contributed by atoms with E-state index in [9.17, 15) is 0 Å². The molecule has 0 aromatic heterocycles. The standard InChI is InChI=1S/C20H15ClS/c1-22-15-12-10-14(11-13-15)20(21)18-8-4-2-6-16(18)17-7-3-5-9-19(17)20/h2-13H,1H3. The molecule has 0 bridgehead atoms. The Kier molecular flexibility index (Phi) is 3.28. The summed E-state index contributed by atoms with van der Waals surface area (Å²) >= 11 is 8.99. The lowest BCUT2D eigenvalue weighted by atomic mass is 9.88. The van der Waals surface area contributed by atoms with Crippen LogP contribution in [-0.4, -0.2) is 6.26 Å². The van der Waals surface area contributed by atoms with Crippen molar-refractivity contribution in [1.82, 2.24) is 0 Å². The highest BCUT2D eigenvalue weighted by Crippen LogP contribution is 2.54. The lowest BCUT2D eigenvalue weighted by molar-refractivity contribution is 0.909. The third kappa shape index (κ3) is 1.86. The number of benzene rings is 3. The zero-order valence-electron chi connectivity index (χ0n) is 12.2. The predicted octanol–water partition coefficient (Wildman–Crippen LogP) is 5.92. The molecule has 1 aliphatic carbocycles. The largest absolute Gasteiger partial charge is 0.130 e. The van der Waals surface area contributed by atoms with Gasteiger partial charge in [-0.2, -0.15) is 0 Å². The Balaban J connectivity index is 2.00. The van der Waals surface area contributed by atoms with Gasteiger partial charge < -0.3 is 0 Å². The molecule has 108 valence electrons. The van der Waals surface area contributed by atoms with Crippen LogP contribution in [0.3, 0.4) is 0 Å². The van der Waals surface area contributed by atoms with E-state index in [-0.39, 0.29) is 0 Å². The van der Waals surface area contributed by atoms with E-state index in [1.807, 2.05) is 0 Å². The van der Waals surface area contributed by atoms with Gasteiger partial charge in [0.2, 0.25) is 0 Å². The quantitative estimate of drug-likeness (QED) is 0.417. The van der Waals surface area contributed by atoms with Gasteiger partial charge >= 0.3 is 0 Å². The third-order valence-corrected chi connectivity index (χ3v) is 5.74. The summed E-state index contributed by atoms with van der Waals surface area (Å²) < 4.78 is 0. The van der Waals surface area contributed by atoms with Crippen LogP contribution in [0.1, 0.15) is 16.7 Å². The summed E-state index contributed by atoms with van der Waals surface area (Å²) in [6, 6.07) is 25.5. The minimum absolute atomic E-state index is 0.593. The lowest BCUT2D eigenvalue weighted by Crippen LogP contribution is -2.19. The maximum absolute atomic E-state index is 7.25. The van der Waals surface area contributed by atoms with Gasteiger partial charge in [0.1, 0.15) is 4.87 Å². The topological polar surface area (TPSA) is 0 Å². The highest BCUT2D eigenvalue weighted by molar-refractivity contribution is 7.98. The van der Waals surface area contributed by atoms with Crippen molar-refractivity contribution in [3.05, 3.63) is 89.5 Å². The molecule has 0 saturated heterocycles. The molecule has 1 aliphatic rings. The molecule has 0 nitrogen and oxygen atoms in total.